The molecule has 176 valence electrons. The molecule has 1 aromatic heterocycles. The van der Waals surface area contributed by atoms with Crippen LogP contribution in [0.25, 0.3) is 0 Å². The molecule has 0 bridgehead atoms. The van der Waals surface area contributed by atoms with Crippen molar-refractivity contribution < 1.29 is 48.3 Å². The van der Waals surface area contributed by atoms with Gasteiger partial charge in [-0.05, 0) is 0 Å². The molecule has 0 saturated carbocycles. The molecule has 0 fully saturated rings. The number of ether oxygens (including phenoxy) is 1. The molecule has 0 aliphatic rings. The van der Waals surface area contributed by atoms with Crippen LogP contribution in [0.2, 0.25) is 19.6 Å². The van der Waals surface area contributed by atoms with Gasteiger partial charge in [0.2, 0.25) is 0 Å². The molecule has 0 radical (unpaired) electrons. The maximum absolute atomic E-state index is 7.50. The molecule has 1 atom stereocenters. The number of rotatable bonds is 7. The van der Waals surface area contributed by atoms with Gasteiger partial charge in [-0.25, -0.2) is 0 Å². The molecular formula is C24H22CrO7SSi. The molecule has 34 heavy (non-hydrogen) atoms. The second-order valence-corrected chi connectivity index (χ2v) is 13.1. The maximum atomic E-state index is 7.50. The van der Waals surface area contributed by atoms with Crippen LogP contribution in [0.5, 0.6) is 0 Å². The Balaban J connectivity index is -0.000000398. The van der Waals surface area contributed by atoms with Crippen LogP contribution >= 0.6 is 11.8 Å². The van der Waals surface area contributed by atoms with Gasteiger partial charge in [0, 0.05) is 0 Å². The summed E-state index contributed by atoms with van der Waals surface area (Å²) in [7, 11) is -1.34. The van der Waals surface area contributed by atoms with E-state index in [4.69, 9.17) is 32.4 Å². The van der Waals surface area contributed by atoms with Gasteiger partial charge in [0.1, 0.15) is 0 Å². The van der Waals surface area contributed by atoms with Gasteiger partial charge in [-0.1, -0.05) is 0 Å². The summed E-state index contributed by atoms with van der Waals surface area (Å²) in [5.41, 5.74) is 4.38. The van der Waals surface area contributed by atoms with Crippen LogP contribution < -0.4 is 0 Å². The van der Waals surface area contributed by atoms with Crippen molar-refractivity contribution in [3.05, 3.63) is 87.7 Å². The number of hydrogen-bond acceptors (Lipinski definition) is 3. The van der Waals surface area contributed by atoms with Crippen LogP contribution in [0.15, 0.2) is 58.2 Å². The van der Waals surface area contributed by atoms with Crippen molar-refractivity contribution in [2.75, 3.05) is 6.61 Å². The van der Waals surface area contributed by atoms with E-state index in [9.17, 15) is 0 Å². The Labute approximate surface area is 214 Å². The molecule has 2 rings (SSSR count). The molecule has 1 aromatic carbocycles. The van der Waals surface area contributed by atoms with Crippen molar-refractivity contribution >= 4 is 24.4 Å². The molecule has 10 heteroatoms. The summed E-state index contributed by atoms with van der Waals surface area (Å²) < 4.78 is 49.3. The second kappa shape index (κ2) is 28.7. The van der Waals surface area contributed by atoms with E-state index in [1.807, 2.05) is 23.9 Å². The van der Waals surface area contributed by atoms with Gasteiger partial charge in [0.15, 0.2) is 0 Å². The van der Waals surface area contributed by atoms with Gasteiger partial charge >= 0.3 is 215 Å². The van der Waals surface area contributed by atoms with Crippen LogP contribution in [-0.4, -0.2) is 24.5 Å². The quantitative estimate of drug-likeness (QED) is 0.170. The molecule has 0 spiro atoms. The van der Waals surface area contributed by atoms with Crippen LogP contribution in [-0.2, 0) is 43.8 Å². The SMILES string of the molecule is C[Si](C)(C)C#CCC(CO[C](=[Cr])c1ccoc1)Sc1ccccc1.[C-]#[O+].[C-]#[O+].[C-]#[O+].[C-]#[O+].[C-]#[O+]. The van der Waals surface area contributed by atoms with Crippen molar-refractivity contribution in [2.45, 2.75) is 36.2 Å². The van der Waals surface area contributed by atoms with Gasteiger partial charge in [-0.15, -0.1) is 0 Å². The predicted octanol–water partition coefficient (Wildman–Crippen LogP) is 4.57. The minimum absolute atomic E-state index is 0.284. The van der Waals surface area contributed by atoms with Gasteiger partial charge in [0.05, 0.1) is 0 Å². The van der Waals surface area contributed by atoms with E-state index < -0.39 is 8.07 Å². The molecular weight excluding hydrogens is 512 g/mol. The Morgan fingerprint density at radius 2 is 1.50 bits per heavy atom. The first-order valence-corrected chi connectivity index (χ1v) is 13.9. The van der Waals surface area contributed by atoms with Crippen molar-refractivity contribution in [1.82, 2.24) is 0 Å². The molecule has 1 heterocycles. The van der Waals surface area contributed by atoms with E-state index in [0.29, 0.717) is 6.61 Å². The van der Waals surface area contributed by atoms with Gasteiger partial charge in [-0.3, -0.25) is 0 Å². The van der Waals surface area contributed by atoms with Crippen molar-refractivity contribution in [1.29, 1.82) is 0 Å². The molecule has 0 aliphatic carbocycles. The summed E-state index contributed by atoms with van der Waals surface area (Å²) in [5.74, 6) is 3.38. The van der Waals surface area contributed by atoms with E-state index in [0.717, 1.165) is 16.6 Å². The molecule has 7 nitrogen and oxygen atoms in total. The van der Waals surface area contributed by atoms with E-state index in [-0.39, 0.29) is 5.25 Å². The van der Waals surface area contributed by atoms with Gasteiger partial charge in [-0.2, -0.15) is 0 Å². The van der Waals surface area contributed by atoms with Crippen LogP contribution in [0, 0.1) is 44.7 Å². The molecule has 0 saturated heterocycles. The van der Waals surface area contributed by atoms with Crippen molar-refractivity contribution in [3.63, 3.8) is 0 Å². The second-order valence-electron chi connectivity index (χ2n) is 6.42. The summed E-state index contributed by atoms with van der Waals surface area (Å²) in [6, 6.07) is 12.3. The van der Waals surface area contributed by atoms with E-state index >= 15 is 0 Å². The normalized spacial score (nSPS) is 8.97. The summed E-state index contributed by atoms with van der Waals surface area (Å²) in [5, 5.41) is 0.284. The Bertz CT molecular complexity index is 881. The zero-order valence-electron chi connectivity index (χ0n) is 18.8. The summed E-state index contributed by atoms with van der Waals surface area (Å²) >= 11 is 4.79. The summed E-state index contributed by atoms with van der Waals surface area (Å²) in [6.45, 7) is 29.9. The Morgan fingerprint density at radius 1 is 0.971 bits per heavy atom. The zero-order valence-corrected chi connectivity index (χ0v) is 21.9. The van der Waals surface area contributed by atoms with Crippen molar-refractivity contribution in [3.8, 4) is 11.5 Å². The zero-order chi connectivity index (χ0) is 27.4. The van der Waals surface area contributed by atoms with Gasteiger partial charge in [0.25, 0.3) is 0 Å². The Kier molecular flexibility index (Phi) is 32.9. The first-order valence-electron chi connectivity index (χ1n) is 8.87. The van der Waals surface area contributed by atoms with E-state index in [2.05, 4.69) is 104 Å². The summed E-state index contributed by atoms with van der Waals surface area (Å²) in [6.07, 6.45) is 4.14. The van der Waals surface area contributed by atoms with Crippen LogP contribution in [0.3, 0.4) is 0 Å². The summed E-state index contributed by atoms with van der Waals surface area (Å²) in [4.78, 5) is 1.24. The fraction of sp³-hybridized carbons (Fsp3) is 0.250. The first kappa shape index (κ1) is 38.9. The third-order valence-electron chi connectivity index (χ3n) is 3.00. The monoisotopic (exact) mass is 534 g/mol. The average molecular weight is 535 g/mol. The average Bonchev–Trinajstić information content (AvgIpc) is 3.44. The molecule has 2 aromatic rings. The number of hydrogen-bond donors (Lipinski definition) is 0. The third kappa shape index (κ3) is 22.9. The van der Waals surface area contributed by atoms with Gasteiger partial charge < -0.3 is 0 Å². The topological polar surface area (TPSA) is 122 Å². The molecule has 1 unspecified atom stereocenters. The minimum atomic E-state index is -1.34. The van der Waals surface area contributed by atoms with Crippen LogP contribution in [0.4, 0.5) is 0 Å². The van der Waals surface area contributed by atoms with E-state index in [1.165, 1.54) is 4.90 Å². The standard InChI is InChI=1S/C19H22O2SSi.5CO.Cr/c1-23(2,3)13-7-10-19(22-18-8-5-4-6-9-18)16-21-15-17-11-12-20-14-17;5*1-2;/h4-6,8-9,11-12,14,19H,10,16H2,1-3H3;;;;;;. The predicted molar refractivity (Wildman–Crippen MR) is 120 cm³/mol. The van der Waals surface area contributed by atoms with E-state index in [1.54, 1.807) is 12.5 Å². The third-order valence-corrected chi connectivity index (χ3v) is 5.66. The Morgan fingerprint density at radius 3 is 1.94 bits per heavy atom. The fourth-order valence-electron chi connectivity index (χ4n) is 1.89. The number of benzene rings is 1. The van der Waals surface area contributed by atoms with Crippen molar-refractivity contribution in [2.24, 2.45) is 0 Å². The van der Waals surface area contributed by atoms with Crippen LogP contribution in [0.1, 0.15) is 12.0 Å². The molecule has 0 aliphatic heterocycles. The number of furan rings is 1. The first-order chi connectivity index (χ1) is 16.4. The molecule has 0 amide bonds. The Hall–Kier alpha value is -2.31. The molecule has 0 N–H and O–H groups in total. The fourth-order valence-corrected chi connectivity index (χ4v) is 3.81. The number of thioether (sulfide) groups is 1.